The van der Waals surface area contributed by atoms with Gasteiger partial charge in [0.05, 0.1) is 22.5 Å². The molecule has 0 aromatic heterocycles. The number of rotatable bonds is 5. The molecule has 146 valence electrons. The fourth-order valence-electron chi connectivity index (χ4n) is 3.19. The number of benzene rings is 3. The van der Waals surface area contributed by atoms with Crippen LogP contribution in [0.2, 0.25) is 0 Å². The highest BCUT2D eigenvalue weighted by Gasteiger charge is 2.35. The smallest absolute Gasteiger partial charge is 0.293 e. The lowest BCUT2D eigenvalue weighted by Crippen LogP contribution is -2.27. The van der Waals surface area contributed by atoms with Crippen LogP contribution < -0.4 is 4.74 Å². The zero-order valence-corrected chi connectivity index (χ0v) is 18.1. The van der Waals surface area contributed by atoms with Crippen molar-refractivity contribution < 1.29 is 14.3 Å². The van der Waals surface area contributed by atoms with Gasteiger partial charge in [-0.25, -0.2) is 0 Å². The molecule has 0 aliphatic carbocycles. The van der Waals surface area contributed by atoms with Gasteiger partial charge in [0, 0.05) is 0 Å². The number of amides is 2. The van der Waals surface area contributed by atoms with Crippen LogP contribution in [0.3, 0.4) is 0 Å². The molecule has 1 aliphatic rings. The Morgan fingerprint density at radius 1 is 1.03 bits per heavy atom. The lowest BCUT2D eigenvalue weighted by atomic mass is 10.1. The molecule has 4 rings (SSSR count). The fourth-order valence-corrected chi connectivity index (χ4v) is 4.54. The molecule has 3 aromatic carbocycles. The molecule has 0 radical (unpaired) electrons. The number of ether oxygens (including phenoxy) is 1. The first-order chi connectivity index (χ1) is 14.0. The number of halogens is 1. The molecule has 0 saturated carbocycles. The molecule has 6 heteroatoms. The molecular formula is C23H18BrNO3S. The molecule has 0 unspecified atom stereocenters. The Morgan fingerprint density at radius 3 is 2.59 bits per heavy atom. The summed E-state index contributed by atoms with van der Waals surface area (Å²) in [7, 11) is 0. The van der Waals surface area contributed by atoms with Crippen molar-refractivity contribution in [1.29, 1.82) is 0 Å². The minimum atomic E-state index is -0.266. The largest absolute Gasteiger partial charge is 0.493 e. The first-order valence-electron chi connectivity index (χ1n) is 9.20. The SMILES string of the molecule is CCOc1ccc(/C=C2\SC(=O)N(Cc3ccc4ccccc4c3)C2=O)cc1Br. The summed E-state index contributed by atoms with van der Waals surface area (Å²) >= 11 is 4.45. The van der Waals surface area contributed by atoms with Crippen molar-refractivity contribution in [3.05, 3.63) is 81.2 Å². The average molecular weight is 468 g/mol. The molecule has 1 aliphatic heterocycles. The molecule has 29 heavy (non-hydrogen) atoms. The third kappa shape index (κ3) is 4.23. The summed E-state index contributed by atoms with van der Waals surface area (Å²) in [6.07, 6.45) is 1.74. The maximum absolute atomic E-state index is 12.8. The number of nitrogens with zero attached hydrogens (tertiary/aromatic N) is 1. The Hall–Kier alpha value is -2.57. The minimum Gasteiger partial charge on any atom is -0.493 e. The summed E-state index contributed by atoms with van der Waals surface area (Å²) in [4.78, 5) is 27.0. The van der Waals surface area contributed by atoms with E-state index < -0.39 is 0 Å². The van der Waals surface area contributed by atoms with Crippen molar-refractivity contribution >= 4 is 55.7 Å². The number of imide groups is 1. The van der Waals surface area contributed by atoms with Gasteiger partial charge >= 0.3 is 0 Å². The second-order valence-electron chi connectivity index (χ2n) is 6.57. The molecule has 0 N–H and O–H groups in total. The standard InChI is InChI=1S/C23H18BrNO3S/c1-2-28-20-10-8-15(12-19(20)24)13-21-22(26)25(23(27)29-21)14-16-7-9-17-5-3-4-6-18(17)11-16/h3-13H,2,14H2,1H3/b21-13-. The Morgan fingerprint density at radius 2 is 1.83 bits per heavy atom. The van der Waals surface area contributed by atoms with Crippen LogP contribution in [-0.2, 0) is 11.3 Å². The van der Waals surface area contributed by atoms with Gasteiger partial charge in [0.25, 0.3) is 11.1 Å². The molecule has 3 aromatic rings. The molecule has 4 nitrogen and oxygen atoms in total. The molecule has 0 spiro atoms. The van der Waals surface area contributed by atoms with E-state index in [9.17, 15) is 9.59 Å². The monoisotopic (exact) mass is 467 g/mol. The van der Waals surface area contributed by atoms with Gasteiger partial charge in [-0.2, -0.15) is 0 Å². The van der Waals surface area contributed by atoms with Gasteiger partial charge in [-0.3, -0.25) is 14.5 Å². The van der Waals surface area contributed by atoms with Crippen molar-refractivity contribution in [2.24, 2.45) is 0 Å². The van der Waals surface area contributed by atoms with E-state index in [4.69, 9.17) is 4.74 Å². The maximum atomic E-state index is 12.8. The first kappa shape index (κ1) is 19.7. The normalized spacial score (nSPS) is 15.5. The van der Waals surface area contributed by atoms with Crippen LogP contribution >= 0.6 is 27.7 Å². The molecular weight excluding hydrogens is 450 g/mol. The lowest BCUT2D eigenvalue weighted by molar-refractivity contribution is -0.123. The van der Waals surface area contributed by atoms with Gasteiger partial charge in [-0.1, -0.05) is 42.5 Å². The van der Waals surface area contributed by atoms with E-state index in [0.29, 0.717) is 11.5 Å². The summed E-state index contributed by atoms with van der Waals surface area (Å²) in [5.41, 5.74) is 1.76. The van der Waals surface area contributed by atoms with Crippen molar-refractivity contribution in [2.45, 2.75) is 13.5 Å². The number of carbonyl (C=O) groups excluding carboxylic acids is 2. The number of thioether (sulfide) groups is 1. The van der Waals surface area contributed by atoms with Gasteiger partial charge in [0.15, 0.2) is 0 Å². The first-order valence-corrected chi connectivity index (χ1v) is 10.8. The predicted molar refractivity (Wildman–Crippen MR) is 121 cm³/mol. The van der Waals surface area contributed by atoms with E-state index in [0.717, 1.165) is 43.9 Å². The fraction of sp³-hybridized carbons (Fsp3) is 0.130. The van der Waals surface area contributed by atoms with Crippen molar-refractivity contribution in [3.8, 4) is 5.75 Å². The summed E-state index contributed by atoms with van der Waals surface area (Å²) < 4.78 is 6.32. The van der Waals surface area contributed by atoms with E-state index in [1.54, 1.807) is 6.08 Å². The van der Waals surface area contributed by atoms with E-state index in [1.807, 2.05) is 67.6 Å². The van der Waals surface area contributed by atoms with Crippen molar-refractivity contribution in [3.63, 3.8) is 0 Å². The van der Waals surface area contributed by atoms with Crippen molar-refractivity contribution in [2.75, 3.05) is 6.61 Å². The van der Waals surface area contributed by atoms with E-state index >= 15 is 0 Å². The van der Waals surface area contributed by atoms with Crippen molar-refractivity contribution in [1.82, 2.24) is 4.90 Å². The summed E-state index contributed by atoms with van der Waals surface area (Å²) in [5.74, 6) is 0.479. The number of fused-ring (bicyclic) bond motifs is 1. The molecule has 1 fully saturated rings. The molecule has 2 amide bonds. The van der Waals surface area contributed by atoms with Crippen LogP contribution in [-0.4, -0.2) is 22.7 Å². The number of carbonyl (C=O) groups is 2. The Balaban J connectivity index is 1.55. The topological polar surface area (TPSA) is 46.6 Å². The lowest BCUT2D eigenvalue weighted by Gasteiger charge is -2.13. The Labute approximate surface area is 181 Å². The average Bonchev–Trinajstić information content (AvgIpc) is 2.97. The molecule has 0 bridgehead atoms. The van der Waals surface area contributed by atoms with Crippen LogP contribution in [0.4, 0.5) is 4.79 Å². The van der Waals surface area contributed by atoms with Crippen LogP contribution in [0, 0.1) is 0 Å². The predicted octanol–water partition coefficient (Wildman–Crippen LogP) is 6.24. The number of hydrogen-bond acceptors (Lipinski definition) is 4. The van der Waals surface area contributed by atoms with E-state index in [-0.39, 0.29) is 17.7 Å². The second kappa shape index (κ2) is 8.43. The summed E-state index contributed by atoms with van der Waals surface area (Å²) in [6, 6.07) is 19.6. The zero-order valence-electron chi connectivity index (χ0n) is 15.7. The van der Waals surface area contributed by atoms with E-state index in [2.05, 4.69) is 15.9 Å². The summed E-state index contributed by atoms with van der Waals surface area (Å²) in [5, 5.41) is 1.97. The van der Waals surface area contributed by atoms with E-state index in [1.165, 1.54) is 4.90 Å². The third-order valence-electron chi connectivity index (χ3n) is 4.58. The Kier molecular flexibility index (Phi) is 5.74. The quantitative estimate of drug-likeness (QED) is 0.416. The number of hydrogen-bond donors (Lipinski definition) is 0. The van der Waals surface area contributed by atoms with Gasteiger partial charge in [-0.05, 0) is 80.8 Å². The highest BCUT2D eigenvalue weighted by atomic mass is 79.9. The van der Waals surface area contributed by atoms with Crippen LogP contribution in [0.1, 0.15) is 18.1 Å². The van der Waals surface area contributed by atoms with Crippen LogP contribution in [0.25, 0.3) is 16.8 Å². The zero-order chi connectivity index (χ0) is 20.4. The van der Waals surface area contributed by atoms with Gasteiger partial charge in [0.1, 0.15) is 5.75 Å². The van der Waals surface area contributed by atoms with Crippen LogP contribution in [0.5, 0.6) is 5.75 Å². The second-order valence-corrected chi connectivity index (χ2v) is 8.42. The Bertz CT molecular complexity index is 1140. The molecule has 0 atom stereocenters. The maximum Gasteiger partial charge on any atom is 0.293 e. The van der Waals surface area contributed by atoms with Gasteiger partial charge < -0.3 is 4.74 Å². The highest BCUT2D eigenvalue weighted by Crippen LogP contribution is 2.35. The molecule has 1 saturated heterocycles. The third-order valence-corrected chi connectivity index (χ3v) is 6.11. The molecule has 1 heterocycles. The van der Waals surface area contributed by atoms with Crippen LogP contribution in [0.15, 0.2) is 70.0 Å². The minimum absolute atomic E-state index is 0.251. The van der Waals surface area contributed by atoms with Gasteiger partial charge in [-0.15, -0.1) is 0 Å². The summed E-state index contributed by atoms with van der Waals surface area (Å²) in [6.45, 7) is 2.76. The highest BCUT2D eigenvalue weighted by molar-refractivity contribution is 9.10. The van der Waals surface area contributed by atoms with Gasteiger partial charge in [0.2, 0.25) is 0 Å².